The van der Waals surface area contributed by atoms with Gasteiger partial charge in [0.15, 0.2) is 0 Å². The van der Waals surface area contributed by atoms with Crippen molar-refractivity contribution in [1.82, 2.24) is 5.32 Å². The molecule has 1 aliphatic rings. The highest BCUT2D eigenvalue weighted by Gasteiger charge is 2.43. The van der Waals surface area contributed by atoms with E-state index in [4.69, 9.17) is 9.84 Å². The van der Waals surface area contributed by atoms with E-state index in [1.54, 1.807) is 0 Å². The van der Waals surface area contributed by atoms with Crippen molar-refractivity contribution < 1.29 is 34.8 Å². The third-order valence-electron chi connectivity index (χ3n) is 3.55. The molecule has 1 amide bonds. The van der Waals surface area contributed by atoms with E-state index in [1.165, 1.54) is 6.92 Å². The fourth-order valence-corrected chi connectivity index (χ4v) is 2.62. The Morgan fingerprint density at radius 2 is 2.10 bits per heavy atom. The van der Waals surface area contributed by atoms with Gasteiger partial charge >= 0.3 is 0 Å². The zero-order valence-corrected chi connectivity index (χ0v) is 11.2. The quantitative estimate of drug-likeness (QED) is 0.342. The third-order valence-corrected chi connectivity index (χ3v) is 3.55. The molecule has 0 saturated heterocycles. The van der Waals surface area contributed by atoms with Gasteiger partial charge in [0.05, 0.1) is 24.9 Å². The van der Waals surface area contributed by atoms with Crippen LogP contribution in [0.1, 0.15) is 19.8 Å². The molecule has 8 nitrogen and oxygen atoms in total. The van der Waals surface area contributed by atoms with Gasteiger partial charge < -0.3 is 30.5 Å². The van der Waals surface area contributed by atoms with E-state index in [9.17, 15) is 24.9 Å². The van der Waals surface area contributed by atoms with Gasteiger partial charge in [0, 0.05) is 19.3 Å². The Labute approximate surface area is 116 Å². The second-order valence-electron chi connectivity index (χ2n) is 5.02. The summed E-state index contributed by atoms with van der Waals surface area (Å²) in [6.45, 7) is 0.869. The van der Waals surface area contributed by atoms with Crippen LogP contribution >= 0.6 is 0 Å². The molecule has 20 heavy (non-hydrogen) atoms. The molecule has 0 aromatic rings. The van der Waals surface area contributed by atoms with Crippen molar-refractivity contribution in [3.63, 3.8) is 0 Å². The molecule has 0 aliphatic heterocycles. The summed E-state index contributed by atoms with van der Waals surface area (Å²) in [6.07, 6.45) is -4.11. The van der Waals surface area contributed by atoms with E-state index in [1.807, 2.05) is 0 Å². The van der Waals surface area contributed by atoms with Crippen molar-refractivity contribution in [2.45, 2.75) is 50.2 Å². The molecule has 4 unspecified atom stereocenters. The minimum absolute atomic E-state index is 0.127. The molecule has 1 aliphatic carbocycles. The topological polar surface area (TPSA) is 136 Å². The van der Waals surface area contributed by atoms with Crippen LogP contribution < -0.4 is 5.32 Å². The van der Waals surface area contributed by atoms with Gasteiger partial charge in [0.25, 0.3) is 6.47 Å². The van der Waals surface area contributed by atoms with Crippen LogP contribution in [-0.4, -0.2) is 69.9 Å². The molecule has 8 heteroatoms. The minimum Gasteiger partial charge on any atom is -0.464 e. The van der Waals surface area contributed by atoms with Crippen LogP contribution in [0.2, 0.25) is 0 Å². The lowest BCUT2D eigenvalue weighted by atomic mass is 9.76. The predicted molar refractivity (Wildman–Crippen MR) is 66.4 cm³/mol. The maximum Gasteiger partial charge on any atom is 0.293 e. The number of ether oxygens (including phenoxy) is 1. The van der Waals surface area contributed by atoms with Gasteiger partial charge in [-0.05, 0) is 6.42 Å². The lowest BCUT2D eigenvalue weighted by Crippen LogP contribution is -2.58. The van der Waals surface area contributed by atoms with Crippen LogP contribution in [0.15, 0.2) is 0 Å². The van der Waals surface area contributed by atoms with Crippen molar-refractivity contribution in [2.24, 2.45) is 5.92 Å². The highest BCUT2D eigenvalue weighted by Crippen LogP contribution is 2.30. The fourth-order valence-electron chi connectivity index (χ4n) is 2.62. The number of carbonyl (C=O) groups excluding carboxylic acids is 2. The van der Waals surface area contributed by atoms with Gasteiger partial charge in [0.2, 0.25) is 5.91 Å². The van der Waals surface area contributed by atoms with E-state index in [2.05, 4.69) is 5.32 Å². The summed E-state index contributed by atoms with van der Waals surface area (Å²) in [5, 5.41) is 41.0. The maximum absolute atomic E-state index is 11.2. The molecule has 1 saturated carbocycles. The molecular weight excluding hydrogens is 270 g/mol. The number of nitrogens with one attached hydrogen (secondary N) is 1. The van der Waals surface area contributed by atoms with E-state index < -0.39 is 43.0 Å². The molecular formula is C12H21NO7. The molecule has 0 aromatic heterocycles. The number of aliphatic hydroxyl groups excluding tert-OH is 4. The van der Waals surface area contributed by atoms with Crippen LogP contribution in [0.4, 0.5) is 0 Å². The molecule has 5 N–H and O–H groups in total. The predicted octanol–water partition coefficient (Wildman–Crippen LogP) is -2.48. The van der Waals surface area contributed by atoms with Gasteiger partial charge in [-0.25, -0.2) is 0 Å². The Bertz CT molecular complexity index is 338. The molecule has 116 valence electrons. The summed E-state index contributed by atoms with van der Waals surface area (Å²) in [5.41, 5.74) is 0. The minimum atomic E-state index is -1.40. The Hall–Kier alpha value is -1.22. The molecule has 0 bridgehead atoms. The number of aliphatic hydroxyl groups is 4. The second kappa shape index (κ2) is 7.53. The van der Waals surface area contributed by atoms with Crippen LogP contribution in [0.5, 0.6) is 0 Å². The fraction of sp³-hybridized carbons (Fsp3) is 0.833. The van der Waals surface area contributed by atoms with Crippen molar-refractivity contribution in [1.29, 1.82) is 0 Å². The van der Waals surface area contributed by atoms with Gasteiger partial charge in [-0.2, -0.15) is 0 Å². The van der Waals surface area contributed by atoms with E-state index in [-0.39, 0.29) is 25.2 Å². The van der Waals surface area contributed by atoms with Crippen LogP contribution in [0.25, 0.3) is 0 Å². The Kier molecular flexibility index (Phi) is 6.34. The van der Waals surface area contributed by atoms with E-state index >= 15 is 0 Å². The van der Waals surface area contributed by atoms with Crippen LogP contribution in [0, 0.1) is 5.92 Å². The highest BCUT2D eigenvalue weighted by molar-refractivity contribution is 5.73. The number of carbonyl (C=O) groups is 2. The van der Waals surface area contributed by atoms with E-state index in [0.29, 0.717) is 0 Å². The number of hydrogen-bond donors (Lipinski definition) is 5. The average molecular weight is 291 g/mol. The largest absolute Gasteiger partial charge is 0.464 e. The van der Waals surface area contributed by atoms with Gasteiger partial charge in [-0.3, -0.25) is 9.59 Å². The number of amides is 1. The summed E-state index contributed by atoms with van der Waals surface area (Å²) in [7, 11) is 0. The summed E-state index contributed by atoms with van der Waals surface area (Å²) in [6, 6.07) is -0.782. The Balaban J connectivity index is 2.88. The molecule has 1 rings (SSSR count). The van der Waals surface area contributed by atoms with Crippen LogP contribution in [-0.2, 0) is 14.3 Å². The zero-order valence-electron chi connectivity index (χ0n) is 11.2. The first kappa shape index (κ1) is 16.8. The Morgan fingerprint density at radius 1 is 1.45 bits per heavy atom. The van der Waals surface area contributed by atoms with Gasteiger partial charge in [0.1, 0.15) is 12.2 Å². The lowest BCUT2D eigenvalue weighted by Gasteiger charge is -2.41. The lowest BCUT2D eigenvalue weighted by molar-refractivity contribution is -0.146. The van der Waals surface area contributed by atoms with Crippen molar-refractivity contribution >= 4 is 12.4 Å². The Morgan fingerprint density at radius 3 is 2.60 bits per heavy atom. The number of hydrogen-bond acceptors (Lipinski definition) is 7. The normalized spacial score (nSPS) is 33.0. The van der Waals surface area contributed by atoms with Crippen molar-refractivity contribution in [2.75, 3.05) is 6.61 Å². The summed E-state index contributed by atoms with van der Waals surface area (Å²) in [4.78, 5) is 21.5. The van der Waals surface area contributed by atoms with E-state index in [0.717, 1.165) is 0 Å². The monoisotopic (exact) mass is 291 g/mol. The zero-order chi connectivity index (χ0) is 15.3. The SMILES string of the molecule is CC(=O)NC1C(O)CC(OC=O)CC1[C@H](O)[C@H](O)CO. The molecule has 0 spiro atoms. The second-order valence-corrected chi connectivity index (χ2v) is 5.02. The molecule has 0 heterocycles. The molecule has 0 aromatic carbocycles. The molecule has 6 atom stereocenters. The van der Waals surface area contributed by atoms with Gasteiger partial charge in [-0.15, -0.1) is 0 Å². The summed E-state index contributed by atoms with van der Waals surface area (Å²) in [5.74, 6) is -1.13. The standard InChI is InChI=1S/C12H21NO7/c1-6(16)13-11-8(12(19)10(18)4-14)2-7(20-5-15)3-9(11)17/h5,7-12,14,17-19H,2-4H2,1H3,(H,13,16)/t7?,8?,9?,10-,11?,12+/m1/s1. The first-order valence-corrected chi connectivity index (χ1v) is 6.42. The first-order chi connectivity index (χ1) is 9.40. The average Bonchev–Trinajstić information content (AvgIpc) is 2.39. The first-order valence-electron chi connectivity index (χ1n) is 6.42. The smallest absolute Gasteiger partial charge is 0.293 e. The summed E-state index contributed by atoms with van der Waals surface area (Å²) < 4.78 is 4.79. The molecule has 1 fully saturated rings. The van der Waals surface area contributed by atoms with Crippen molar-refractivity contribution in [3.8, 4) is 0 Å². The van der Waals surface area contributed by atoms with Crippen molar-refractivity contribution in [3.05, 3.63) is 0 Å². The number of rotatable bonds is 6. The maximum atomic E-state index is 11.2. The summed E-state index contributed by atoms with van der Waals surface area (Å²) >= 11 is 0. The molecule has 0 radical (unpaired) electrons. The van der Waals surface area contributed by atoms with Crippen LogP contribution in [0.3, 0.4) is 0 Å². The third kappa shape index (κ3) is 4.14. The van der Waals surface area contributed by atoms with Gasteiger partial charge in [-0.1, -0.05) is 0 Å². The highest BCUT2D eigenvalue weighted by atomic mass is 16.5.